The number of aryl methyl sites for hydroxylation is 1. The molecule has 0 amide bonds. The van der Waals surface area contributed by atoms with Gasteiger partial charge in [-0.15, -0.1) is 16.7 Å². The molecule has 0 saturated heterocycles. The zero-order valence-corrected chi connectivity index (χ0v) is 10.7. The summed E-state index contributed by atoms with van der Waals surface area (Å²) in [7, 11) is 0. The first-order valence-corrected chi connectivity index (χ1v) is 6.38. The molecule has 1 N–H and O–H groups in total. The first kappa shape index (κ1) is 12.1. The van der Waals surface area contributed by atoms with Crippen molar-refractivity contribution in [1.82, 2.24) is 10.2 Å². The number of rotatable bonds is 5. The van der Waals surface area contributed by atoms with Crippen molar-refractivity contribution in [3.63, 3.8) is 0 Å². The quantitative estimate of drug-likeness (QED) is 0.652. The predicted molar refractivity (Wildman–Crippen MR) is 72.7 cm³/mol. The van der Waals surface area contributed by atoms with Gasteiger partial charge in [0.05, 0.1) is 5.69 Å². The van der Waals surface area contributed by atoms with E-state index in [1.807, 2.05) is 19.1 Å². The molecule has 2 rings (SSSR count). The molecular formula is C13H16ClN3. The Bertz CT molecular complexity index is 499. The van der Waals surface area contributed by atoms with Gasteiger partial charge in [0, 0.05) is 23.2 Å². The summed E-state index contributed by atoms with van der Waals surface area (Å²) in [6.07, 6.45) is 2.07. The Morgan fingerprint density at radius 3 is 2.65 bits per heavy atom. The highest BCUT2D eigenvalue weighted by atomic mass is 35.5. The van der Waals surface area contributed by atoms with Gasteiger partial charge in [0.2, 0.25) is 0 Å². The SMILES string of the molecule is Cc1nnc(NCCCCCl)c2ccccc12. The number of fused-ring (bicyclic) bond motifs is 1. The van der Waals surface area contributed by atoms with Crippen LogP contribution < -0.4 is 5.32 Å². The smallest absolute Gasteiger partial charge is 0.156 e. The highest BCUT2D eigenvalue weighted by Crippen LogP contribution is 2.22. The minimum absolute atomic E-state index is 0.710. The Morgan fingerprint density at radius 1 is 1.12 bits per heavy atom. The van der Waals surface area contributed by atoms with Crippen molar-refractivity contribution >= 4 is 28.2 Å². The average Bonchev–Trinajstić information content (AvgIpc) is 2.37. The lowest BCUT2D eigenvalue weighted by atomic mass is 10.1. The lowest BCUT2D eigenvalue weighted by molar-refractivity contribution is 0.832. The van der Waals surface area contributed by atoms with Crippen LogP contribution in [0.5, 0.6) is 0 Å². The Hall–Kier alpha value is -1.35. The van der Waals surface area contributed by atoms with Crippen molar-refractivity contribution in [2.45, 2.75) is 19.8 Å². The van der Waals surface area contributed by atoms with E-state index in [9.17, 15) is 0 Å². The monoisotopic (exact) mass is 249 g/mol. The maximum absolute atomic E-state index is 5.64. The number of aromatic nitrogens is 2. The summed E-state index contributed by atoms with van der Waals surface area (Å²) in [6, 6.07) is 8.19. The molecule has 0 atom stereocenters. The first-order chi connectivity index (χ1) is 8.33. The number of anilines is 1. The fourth-order valence-corrected chi connectivity index (χ4v) is 1.98. The molecule has 0 fully saturated rings. The van der Waals surface area contributed by atoms with Crippen LogP contribution in [0.4, 0.5) is 5.82 Å². The number of hydrogen-bond donors (Lipinski definition) is 1. The standard InChI is InChI=1S/C13H16ClN3/c1-10-11-6-2-3-7-12(11)13(17-16-10)15-9-5-4-8-14/h2-3,6-7H,4-5,8-9H2,1H3,(H,15,17). The van der Waals surface area contributed by atoms with Crippen LogP contribution in [-0.2, 0) is 0 Å². The van der Waals surface area contributed by atoms with Gasteiger partial charge in [-0.2, -0.15) is 5.10 Å². The maximum atomic E-state index is 5.64. The maximum Gasteiger partial charge on any atom is 0.156 e. The van der Waals surface area contributed by atoms with E-state index in [0.717, 1.165) is 41.7 Å². The van der Waals surface area contributed by atoms with Gasteiger partial charge in [0.25, 0.3) is 0 Å². The van der Waals surface area contributed by atoms with E-state index < -0.39 is 0 Å². The number of alkyl halides is 1. The molecule has 1 heterocycles. The topological polar surface area (TPSA) is 37.8 Å². The van der Waals surface area contributed by atoms with E-state index in [1.54, 1.807) is 0 Å². The van der Waals surface area contributed by atoms with E-state index in [4.69, 9.17) is 11.6 Å². The Balaban J connectivity index is 2.20. The molecule has 0 radical (unpaired) electrons. The van der Waals surface area contributed by atoms with E-state index in [0.29, 0.717) is 5.88 Å². The average molecular weight is 250 g/mol. The molecule has 0 bridgehead atoms. The predicted octanol–water partition coefficient (Wildman–Crippen LogP) is 3.37. The number of unbranched alkanes of at least 4 members (excludes halogenated alkanes) is 1. The zero-order valence-electron chi connectivity index (χ0n) is 9.91. The van der Waals surface area contributed by atoms with Crippen molar-refractivity contribution in [3.8, 4) is 0 Å². The summed E-state index contributed by atoms with van der Waals surface area (Å²) in [5.74, 6) is 1.57. The minimum atomic E-state index is 0.710. The normalized spacial score (nSPS) is 10.7. The van der Waals surface area contributed by atoms with Gasteiger partial charge in [-0.1, -0.05) is 24.3 Å². The Kier molecular flexibility index (Phi) is 4.15. The second-order valence-corrected chi connectivity index (χ2v) is 4.38. The molecule has 0 aliphatic carbocycles. The van der Waals surface area contributed by atoms with Crippen LogP contribution in [0.2, 0.25) is 0 Å². The third-order valence-corrected chi connectivity index (χ3v) is 2.99. The molecule has 2 aromatic rings. The molecule has 17 heavy (non-hydrogen) atoms. The van der Waals surface area contributed by atoms with Crippen molar-refractivity contribution in [1.29, 1.82) is 0 Å². The number of nitrogens with zero attached hydrogens (tertiary/aromatic N) is 2. The number of hydrogen-bond acceptors (Lipinski definition) is 3. The molecule has 90 valence electrons. The van der Waals surface area contributed by atoms with Gasteiger partial charge < -0.3 is 5.32 Å². The summed E-state index contributed by atoms with van der Waals surface area (Å²) in [5.41, 5.74) is 0.965. The van der Waals surface area contributed by atoms with Crippen LogP contribution in [0, 0.1) is 6.92 Å². The molecule has 0 unspecified atom stereocenters. The Labute approximate surface area is 106 Å². The lowest BCUT2D eigenvalue weighted by Gasteiger charge is -2.08. The van der Waals surface area contributed by atoms with E-state index in [-0.39, 0.29) is 0 Å². The highest BCUT2D eigenvalue weighted by Gasteiger charge is 2.04. The third kappa shape index (κ3) is 2.86. The van der Waals surface area contributed by atoms with Crippen molar-refractivity contribution in [2.24, 2.45) is 0 Å². The van der Waals surface area contributed by atoms with Gasteiger partial charge in [-0.05, 0) is 19.8 Å². The van der Waals surface area contributed by atoms with Gasteiger partial charge in [-0.3, -0.25) is 0 Å². The van der Waals surface area contributed by atoms with Crippen LogP contribution in [-0.4, -0.2) is 22.6 Å². The van der Waals surface area contributed by atoms with Gasteiger partial charge >= 0.3 is 0 Å². The van der Waals surface area contributed by atoms with Crippen LogP contribution >= 0.6 is 11.6 Å². The molecule has 4 heteroatoms. The van der Waals surface area contributed by atoms with Crippen molar-refractivity contribution in [2.75, 3.05) is 17.7 Å². The summed E-state index contributed by atoms with van der Waals surface area (Å²) in [5, 5.41) is 14.0. The Morgan fingerprint density at radius 2 is 1.88 bits per heavy atom. The second-order valence-electron chi connectivity index (χ2n) is 4.00. The van der Waals surface area contributed by atoms with E-state index in [1.165, 1.54) is 0 Å². The molecule has 0 aliphatic heterocycles. The molecule has 0 spiro atoms. The molecule has 1 aromatic heterocycles. The highest BCUT2D eigenvalue weighted by molar-refractivity contribution is 6.17. The summed E-state index contributed by atoms with van der Waals surface area (Å²) in [6.45, 7) is 2.86. The van der Waals surface area contributed by atoms with Gasteiger partial charge in [0.1, 0.15) is 0 Å². The fourth-order valence-electron chi connectivity index (χ4n) is 1.79. The fraction of sp³-hybridized carbons (Fsp3) is 0.385. The molecule has 1 aromatic carbocycles. The first-order valence-electron chi connectivity index (χ1n) is 5.85. The van der Waals surface area contributed by atoms with Crippen LogP contribution in [0.15, 0.2) is 24.3 Å². The number of benzene rings is 1. The largest absolute Gasteiger partial charge is 0.368 e. The van der Waals surface area contributed by atoms with E-state index in [2.05, 4.69) is 27.6 Å². The van der Waals surface area contributed by atoms with Crippen LogP contribution in [0.1, 0.15) is 18.5 Å². The van der Waals surface area contributed by atoms with Crippen molar-refractivity contribution < 1.29 is 0 Å². The lowest BCUT2D eigenvalue weighted by Crippen LogP contribution is -2.05. The molecule has 0 saturated carbocycles. The number of halogens is 1. The summed E-state index contributed by atoms with van der Waals surface area (Å²) >= 11 is 5.64. The zero-order chi connectivity index (χ0) is 12.1. The van der Waals surface area contributed by atoms with Crippen LogP contribution in [0.3, 0.4) is 0 Å². The minimum Gasteiger partial charge on any atom is -0.368 e. The number of nitrogens with one attached hydrogen (secondary N) is 1. The second kappa shape index (κ2) is 5.82. The van der Waals surface area contributed by atoms with Crippen LogP contribution in [0.25, 0.3) is 10.8 Å². The molecule has 3 nitrogen and oxygen atoms in total. The summed E-state index contributed by atoms with van der Waals surface area (Å²) in [4.78, 5) is 0. The summed E-state index contributed by atoms with van der Waals surface area (Å²) < 4.78 is 0. The van der Waals surface area contributed by atoms with Gasteiger partial charge in [-0.25, -0.2) is 0 Å². The molecular weight excluding hydrogens is 234 g/mol. The van der Waals surface area contributed by atoms with Gasteiger partial charge in [0.15, 0.2) is 5.82 Å². The van der Waals surface area contributed by atoms with E-state index >= 15 is 0 Å². The third-order valence-electron chi connectivity index (χ3n) is 2.72. The van der Waals surface area contributed by atoms with Crippen molar-refractivity contribution in [3.05, 3.63) is 30.0 Å². The molecule has 0 aliphatic rings.